The minimum Gasteiger partial charge on any atom is -0.468 e. The number of carbonyl (C=O) groups excluding carboxylic acids is 2. The van der Waals surface area contributed by atoms with Gasteiger partial charge in [-0.05, 0) is 32.4 Å². The first-order chi connectivity index (χ1) is 11.3. The molecule has 1 saturated heterocycles. The van der Waals surface area contributed by atoms with Gasteiger partial charge in [0.15, 0.2) is 0 Å². The molecule has 2 atom stereocenters. The zero-order chi connectivity index (χ0) is 18.0. The number of rotatable bonds is 5. The van der Waals surface area contributed by atoms with Gasteiger partial charge < -0.3 is 9.47 Å². The van der Waals surface area contributed by atoms with Crippen LogP contribution in [0.1, 0.15) is 25.3 Å². The highest BCUT2D eigenvalue weighted by atomic mass is 32.2. The second-order valence-corrected chi connectivity index (χ2v) is 7.87. The van der Waals surface area contributed by atoms with Crippen LogP contribution < -0.4 is 0 Å². The molecule has 0 unspecified atom stereocenters. The summed E-state index contributed by atoms with van der Waals surface area (Å²) in [6.07, 6.45) is -0.170. The Morgan fingerprint density at radius 2 is 1.96 bits per heavy atom. The van der Waals surface area contributed by atoms with Gasteiger partial charge in [-0.3, -0.25) is 9.59 Å². The van der Waals surface area contributed by atoms with Crippen LogP contribution in [0.5, 0.6) is 0 Å². The van der Waals surface area contributed by atoms with Gasteiger partial charge in [-0.15, -0.1) is 0 Å². The van der Waals surface area contributed by atoms with E-state index < -0.39 is 27.6 Å². The molecule has 0 saturated carbocycles. The van der Waals surface area contributed by atoms with Crippen molar-refractivity contribution in [2.24, 2.45) is 0 Å². The molecule has 1 fully saturated rings. The SMILES string of the molecule is COC(=O)[C@]1(C)C[C@@H](OC=O)CCN1S(=O)(=O)c1ccc(C)cc1. The number of hydrogen-bond donors (Lipinski definition) is 0. The highest BCUT2D eigenvalue weighted by Crippen LogP contribution is 2.35. The predicted octanol–water partition coefficient (Wildman–Crippen LogP) is 1.25. The van der Waals surface area contributed by atoms with Crippen molar-refractivity contribution in [1.82, 2.24) is 4.31 Å². The standard InChI is InChI=1S/C16H21NO6S/c1-12-4-6-14(7-5-12)24(20,21)17-9-8-13(23-11-18)10-16(17,2)15(19)22-3/h4-7,11,13H,8-10H2,1-3H3/t13-,16-/m0/s1. The summed E-state index contributed by atoms with van der Waals surface area (Å²) >= 11 is 0. The van der Waals surface area contributed by atoms with E-state index in [4.69, 9.17) is 9.47 Å². The Kier molecular flexibility index (Phi) is 5.29. The van der Waals surface area contributed by atoms with E-state index in [9.17, 15) is 18.0 Å². The molecule has 0 aromatic heterocycles. The fourth-order valence-electron chi connectivity index (χ4n) is 2.98. The summed E-state index contributed by atoms with van der Waals surface area (Å²) in [6.45, 7) is 3.72. The van der Waals surface area contributed by atoms with Crippen LogP contribution in [-0.4, -0.2) is 50.5 Å². The van der Waals surface area contributed by atoms with E-state index in [1.807, 2.05) is 6.92 Å². The third-order valence-electron chi connectivity index (χ3n) is 4.31. The number of aryl methyl sites for hydroxylation is 1. The van der Waals surface area contributed by atoms with Gasteiger partial charge in [0, 0.05) is 13.0 Å². The van der Waals surface area contributed by atoms with Gasteiger partial charge in [0.05, 0.1) is 12.0 Å². The monoisotopic (exact) mass is 355 g/mol. The Balaban J connectivity index is 2.43. The number of methoxy groups -OCH3 is 1. The summed E-state index contributed by atoms with van der Waals surface area (Å²) in [5.41, 5.74) is -0.507. The fourth-order valence-corrected chi connectivity index (χ4v) is 4.74. The number of benzene rings is 1. The van der Waals surface area contributed by atoms with Crippen molar-refractivity contribution in [2.75, 3.05) is 13.7 Å². The molecule has 132 valence electrons. The molecule has 1 heterocycles. The molecule has 1 aromatic carbocycles. The Bertz CT molecular complexity index is 715. The lowest BCUT2D eigenvalue weighted by atomic mass is 9.89. The van der Waals surface area contributed by atoms with Crippen LogP contribution >= 0.6 is 0 Å². The van der Waals surface area contributed by atoms with Crippen LogP contribution in [0.25, 0.3) is 0 Å². The van der Waals surface area contributed by atoms with Gasteiger partial charge in [-0.2, -0.15) is 4.31 Å². The number of piperidine rings is 1. The summed E-state index contributed by atoms with van der Waals surface area (Å²) in [7, 11) is -2.69. The van der Waals surface area contributed by atoms with Crippen molar-refractivity contribution >= 4 is 22.5 Å². The van der Waals surface area contributed by atoms with Gasteiger partial charge >= 0.3 is 5.97 Å². The zero-order valence-corrected chi connectivity index (χ0v) is 14.7. The van der Waals surface area contributed by atoms with E-state index >= 15 is 0 Å². The topological polar surface area (TPSA) is 90.0 Å². The van der Waals surface area contributed by atoms with E-state index in [2.05, 4.69) is 0 Å². The highest BCUT2D eigenvalue weighted by Gasteiger charge is 2.51. The summed E-state index contributed by atoms with van der Waals surface area (Å²) in [6, 6.07) is 6.42. The minimum atomic E-state index is -3.89. The summed E-state index contributed by atoms with van der Waals surface area (Å²) in [4.78, 5) is 23.0. The van der Waals surface area contributed by atoms with Crippen molar-refractivity contribution in [1.29, 1.82) is 0 Å². The number of nitrogens with zero attached hydrogens (tertiary/aromatic N) is 1. The molecule has 0 N–H and O–H groups in total. The highest BCUT2D eigenvalue weighted by molar-refractivity contribution is 7.89. The first kappa shape index (κ1) is 18.4. The second kappa shape index (κ2) is 6.90. The molecule has 0 spiro atoms. The van der Waals surface area contributed by atoms with Crippen LogP contribution in [0, 0.1) is 6.92 Å². The number of hydrogen-bond acceptors (Lipinski definition) is 6. The van der Waals surface area contributed by atoms with E-state index in [1.54, 1.807) is 12.1 Å². The van der Waals surface area contributed by atoms with Crippen LogP contribution in [0.15, 0.2) is 29.2 Å². The largest absolute Gasteiger partial charge is 0.468 e. The van der Waals surface area contributed by atoms with Gasteiger partial charge in [-0.25, -0.2) is 8.42 Å². The Morgan fingerprint density at radius 3 is 2.50 bits per heavy atom. The van der Waals surface area contributed by atoms with Crippen molar-refractivity contribution in [3.63, 3.8) is 0 Å². The average Bonchev–Trinajstić information content (AvgIpc) is 2.54. The maximum Gasteiger partial charge on any atom is 0.327 e. The van der Waals surface area contributed by atoms with Crippen molar-refractivity contribution in [2.45, 2.75) is 43.2 Å². The quantitative estimate of drug-likeness (QED) is 0.583. The first-order valence-corrected chi connectivity index (χ1v) is 8.96. The van der Waals surface area contributed by atoms with Gasteiger partial charge in [0.2, 0.25) is 10.0 Å². The van der Waals surface area contributed by atoms with E-state index in [0.717, 1.165) is 9.87 Å². The third-order valence-corrected chi connectivity index (χ3v) is 6.35. The van der Waals surface area contributed by atoms with Crippen molar-refractivity contribution < 1.29 is 27.5 Å². The molecule has 7 nitrogen and oxygen atoms in total. The Labute approximate surface area is 141 Å². The van der Waals surface area contributed by atoms with Gasteiger partial charge in [0.25, 0.3) is 6.47 Å². The molecule has 0 aliphatic carbocycles. The lowest BCUT2D eigenvalue weighted by Crippen LogP contribution is -2.60. The van der Waals surface area contributed by atoms with E-state index in [-0.39, 0.29) is 17.9 Å². The molecule has 1 aliphatic rings. The molecule has 2 rings (SSSR count). The van der Waals surface area contributed by atoms with Gasteiger partial charge in [0.1, 0.15) is 11.6 Å². The Hall–Kier alpha value is -1.93. The van der Waals surface area contributed by atoms with E-state index in [1.165, 1.54) is 26.2 Å². The lowest BCUT2D eigenvalue weighted by molar-refractivity contribution is -0.158. The fraction of sp³-hybridized carbons (Fsp3) is 0.500. The molecule has 0 amide bonds. The normalized spacial score (nSPS) is 25.0. The first-order valence-electron chi connectivity index (χ1n) is 7.52. The molecule has 8 heteroatoms. The van der Waals surface area contributed by atoms with E-state index in [0.29, 0.717) is 12.9 Å². The summed E-state index contributed by atoms with van der Waals surface area (Å²) < 4.78 is 36.9. The molecular weight excluding hydrogens is 334 g/mol. The number of ether oxygens (including phenoxy) is 2. The molecule has 1 aromatic rings. The van der Waals surface area contributed by atoms with Crippen molar-refractivity contribution in [3.8, 4) is 0 Å². The zero-order valence-electron chi connectivity index (χ0n) is 13.9. The number of esters is 1. The van der Waals surface area contributed by atoms with Crippen LogP contribution in [0.3, 0.4) is 0 Å². The molecule has 0 radical (unpaired) electrons. The van der Waals surface area contributed by atoms with Gasteiger partial charge in [-0.1, -0.05) is 17.7 Å². The number of carbonyl (C=O) groups is 2. The second-order valence-electron chi connectivity index (χ2n) is 6.00. The molecular formula is C16H21NO6S. The minimum absolute atomic E-state index is 0.0451. The van der Waals surface area contributed by atoms with Crippen LogP contribution in [0.4, 0.5) is 0 Å². The smallest absolute Gasteiger partial charge is 0.327 e. The summed E-state index contributed by atoms with van der Waals surface area (Å²) in [5.74, 6) is -0.683. The molecule has 1 aliphatic heterocycles. The van der Waals surface area contributed by atoms with Crippen LogP contribution in [0.2, 0.25) is 0 Å². The lowest BCUT2D eigenvalue weighted by Gasteiger charge is -2.43. The molecule has 24 heavy (non-hydrogen) atoms. The summed E-state index contributed by atoms with van der Waals surface area (Å²) in [5, 5.41) is 0. The Morgan fingerprint density at radius 1 is 1.33 bits per heavy atom. The predicted molar refractivity (Wildman–Crippen MR) is 85.7 cm³/mol. The average molecular weight is 355 g/mol. The molecule has 0 bridgehead atoms. The van der Waals surface area contributed by atoms with Crippen LogP contribution in [-0.2, 0) is 29.1 Å². The maximum atomic E-state index is 13.0. The third kappa shape index (κ3) is 3.29. The number of sulfonamides is 1. The van der Waals surface area contributed by atoms with Crippen molar-refractivity contribution in [3.05, 3.63) is 29.8 Å². The maximum absolute atomic E-state index is 13.0.